The van der Waals surface area contributed by atoms with Crippen LogP contribution in [0.15, 0.2) is 97.3 Å². The van der Waals surface area contributed by atoms with E-state index < -0.39 is 5.41 Å². The average Bonchev–Trinajstić information content (AvgIpc) is 3.99. The lowest BCUT2D eigenvalue weighted by atomic mass is 9.46. The van der Waals surface area contributed by atoms with Crippen LogP contribution in [0.2, 0.25) is 0 Å². The van der Waals surface area contributed by atoms with Crippen molar-refractivity contribution in [2.75, 3.05) is 0 Å². The van der Waals surface area contributed by atoms with E-state index in [1.165, 1.54) is 148 Å². The summed E-state index contributed by atoms with van der Waals surface area (Å²) in [7, 11) is 0. The highest BCUT2D eigenvalue weighted by Crippen LogP contribution is 2.71. The van der Waals surface area contributed by atoms with Crippen LogP contribution in [0, 0.1) is 11.8 Å². The van der Waals surface area contributed by atoms with E-state index in [4.69, 9.17) is 9.97 Å². The van der Waals surface area contributed by atoms with Crippen molar-refractivity contribution in [3.8, 4) is 33.5 Å². The zero-order chi connectivity index (χ0) is 47.0. The van der Waals surface area contributed by atoms with Crippen molar-refractivity contribution in [2.45, 2.75) is 153 Å². The van der Waals surface area contributed by atoms with Gasteiger partial charge in [0.25, 0.3) is 0 Å². The summed E-state index contributed by atoms with van der Waals surface area (Å²) >= 11 is 0. The smallest absolute Gasteiger partial charge is 0.0761 e. The molecule has 0 saturated heterocycles. The van der Waals surface area contributed by atoms with Gasteiger partial charge in [-0.3, -0.25) is 9.97 Å². The predicted molar refractivity (Wildman–Crippen MR) is 285 cm³/mol. The molecule has 4 aromatic heterocycles. The summed E-state index contributed by atoms with van der Waals surface area (Å²) in [6.07, 6.45) is 11.3. The summed E-state index contributed by atoms with van der Waals surface area (Å²) in [6, 6.07) is 33.3. The quantitative estimate of drug-likeness (QED) is 0.152. The Morgan fingerprint density at radius 1 is 0.493 bits per heavy atom. The van der Waals surface area contributed by atoms with Crippen molar-refractivity contribution in [2.24, 2.45) is 11.8 Å². The largest absolute Gasteiger partial charge is 0.305 e. The highest BCUT2D eigenvalue weighted by molar-refractivity contribution is 6.30. The van der Waals surface area contributed by atoms with Gasteiger partial charge in [0.1, 0.15) is 0 Å². The highest BCUT2D eigenvalue weighted by Gasteiger charge is 2.59. The van der Waals surface area contributed by atoms with Crippen molar-refractivity contribution >= 4 is 38.1 Å². The molecule has 17 rings (SSSR count). The fraction of sp³-hybridized carbons (Fsp3) is 0.394. The molecule has 2 fully saturated rings. The number of hydrogen-bond acceptors (Lipinski definition) is 2. The molecule has 0 amide bonds. The second-order valence-electron chi connectivity index (χ2n) is 26.5. The summed E-state index contributed by atoms with van der Waals surface area (Å²) in [4.78, 5) is 11.5. The maximum absolute atomic E-state index is 5.77. The molecule has 3 heteroatoms. The topological polar surface area (TPSA) is 30.2 Å². The Morgan fingerprint density at radius 3 is 1.57 bits per heavy atom. The summed E-state index contributed by atoms with van der Waals surface area (Å²) in [5.41, 5.74) is 26.8. The van der Waals surface area contributed by atoms with Gasteiger partial charge in [0, 0.05) is 55.1 Å². The molecule has 69 heavy (non-hydrogen) atoms. The molecule has 0 aliphatic heterocycles. The van der Waals surface area contributed by atoms with Crippen LogP contribution >= 0.6 is 0 Å². The molecule has 4 bridgehead atoms. The van der Waals surface area contributed by atoms with E-state index >= 15 is 0 Å². The maximum atomic E-state index is 5.77. The first-order chi connectivity index (χ1) is 32.9. The van der Waals surface area contributed by atoms with Gasteiger partial charge >= 0.3 is 0 Å². The number of nitrogens with zero attached hydrogens (tertiary/aromatic N) is 3. The minimum atomic E-state index is -0.542. The Bertz CT molecular complexity index is 3800. The first-order valence-electron chi connectivity index (χ1n) is 26.5. The molecule has 0 radical (unpaired) electrons. The van der Waals surface area contributed by atoms with Gasteiger partial charge in [-0.05, 0) is 138 Å². The van der Waals surface area contributed by atoms with Crippen LogP contribution in [-0.2, 0) is 32.5 Å². The Balaban J connectivity index is 1.21. The Labute approximate surface area is 407 Å². The van der Waals surface area contributed by atoms with Crippen LogP contribution in [0.25, 0.3) is 71.6 Å². The third kappa shape index (κ3) is 4.15. The summed E-state index contributed by atoms with van der Waals surface area (Å²) in [5, 5.41) is 5.89. The van der Waals surface area contributed by atoms with Crippen LogP contribution in [0.5, 0.6) is 0 Å². The third-order valence-electron chi connectivity index (χ3n) is 21.7. The standard InChI is InChI=1S/C66H63N3/c1-61(2,3)37-29-44-49-45(30-37)63(6,7)65(10,11)56-52(49)55(64(8,9)62(44,4)5)53-50-46(31-67-58-36-27-33-24-34(28-36)26-35(25-33)48(50)58)69-47-32-68-59-40-20-14-17-23-43(40)66(57(59)51(47)54(56)60(53)69)41-21-15-12-18-38(41)39-19-13-16-22-42(39)66/h12-23,29-36H,24-28H2,1-11H3. The van der Waals surface area contributed by atoms with E-state index in [0.717, 1.165) is 17.5 Å². The lowest BCUT2D eigenvalue weighted by molar-refractivity contribution is 0.165. The summed E-state index contributed by atoms with van der Waals surface area (Å²) < 4.78 is 2.74. The molecule has 0 N–H and O–H groups in total. The first-order valence-corrected chi connectivity index (χ1v) is 26.5. The molecular weight excluding hydrogens is 835 g/mol. The molecule has 2 saturated carbocycles. The number of pyridine rings is 2. The van der Waals surface area contributed by atoms with Crippen LogP contribution in [0.1, 0.15) is 181 Å². The molecule has 8 aliphatic carbocycles. The fourth-order valence-electron chi connectivity index (χ4n) is 17.4. The molecule has 4 heterocycles. The molecule has 8 aliphatic rings. The Hall–Kier alpha value is -5.80. The van der Waals surface area contributed by atoms with Crippen LogP contribution in [-0.4, -0.2) is 14.4 Å². The first kappa shape index (κ1) is 40.0. The van der Waals surface area contributed by atoms with Gasteiger partial charge in [-0.1, -0.05) is 161 Å². The van der Waals surface area contributed by atoms with Gasteiger partial charge in [0.15, 0.2) is 0 Å². The van der Waals surface area contributed by atoms with E-state index in [2.05, 4.69) is 178 Å². The number of aromatic nitrogens is 3. The van der Waals surface area contributed by atoms with Crippen molar-refractivity contribution in [1.82, 2.24) is 14.4 Å². The van der Waals surface area contributed by atoms with Crippen LogP contribution < -0.4 is 0 Å². The number of benzene rings is 5. The second-order valence-corrected chi connectivity index (χ2v) is 26.5. The zero-order valence-electron chi connectivity index (χ0n) is 42.4. The fourth-order valence-corrected chi connectivity index (χ4v) is 17.4. The van der Waals surface area contributed by atoms with Crippen molar-refractivity contribution < 1.29 is 0 Å². The monoisotopic (exact) mass is 898 g/mol. The molecule has 342 valence electrons. The highest BCUT2D eigenvalue weighted by atomic mass is 15.0. The molecule has 2 unspecified atom stereocenters. The lowest BCUT2D eigenvalue weighted by Gasteiger charge is -2.57. The van der Waals surface area contributed by atoms with Crippen molar-refractivity contribution in [3.05, 3.63) is 159 Å². The van der Waals surface area contributed by atoms with Crippen LogP contribution in [0.4, 0.5) is 0 Å². The molecule has 5 aromatic carbocycles. The van der Waals surface area contributed by atoms with E-state index in [-0.39, 0.29) is 27.1 Å². The molecular formula is C66H63N3. The van der Waals surface area contributed by atoms with Crippen molar-refractivity contribution in [3.63, 3.8) is 0 Å². The number of rotatable bonds is 0. The number of hydrogen-bond donors (Lipinski definition) is 0. The Morgan fingerprint density at radius 2 is 0.986 bits per heavy atom. The third-order valence-corrected chi connectivity index (χ3v) is 21.7. The number of fused-ring (bicyclic) bond motifs is 19. The van der Waals surface area contributed by atoms with Crippen molar-refractivity contribution in [1.29, 1.82) is 0 Å². The van der Waals surface area contributed by atoms with E-state index in [1.807, 2.05) is 0 Å². The maximum Gasteiger partial charge on any atom is 0.0761 e. The minimum absolute atomic E-state index is 0.00473. The molecule has 2 atom stereocenters. The van der Waals surface area contributed by atoms with Gasteiger partial charge in [0.2, 0.25) is 0 Å². The van der Waals surface area contributed by atoms with Gasteiger partial charge < -0.3 is 4.40 Å². The molecule has 3 nitrogen and oxygen atoms in total. The molecule has 9 aromatic rings. The van der Waals surface area contributed by atoms with Gasteiger partial charge in [0.05, 0.1) is 40.1 Å². The predicted octanol–water partition coefficient (Wildman–Crippen LogP) is 16.5. The lowest BCUT2D eigenvalue weighted by Crippen LogP contribution is -2.50. The van der Waals surface area contributed by atoms with E-state index in [1.54, 1.807) is 11.1 Å². The van der Waals surface area contributed by atoms with Gasteiger partial charge in [-0.15, -0.1) is 0 Å². The van der Waals surface area contributed by atoms with E-state index in [9.17, 15) is 0 Å². The molecule has 1 spiro atoms. The van der Waals surface area contributed by atoms with Crippen LogP contribution in [0.3, 0.4) is 0 Å². The summed E-state index contributed by atoms with van der Waals surface area (Å²) in [5.74, 6) is 2.73. The normalized spacial score (nSPS) is 24.7. The van der Waals surface area contributed by atoms with E-state index in [0.29, 0.717) is 11.8 Å². The minimum Gasteiger partial charge on any atom is -0.305 e. The second kappa shape index (κ2) is 11.9. The Kier molecular flexibility index (Phi) is 6.87. The average molecular weight is 898 g/mol. The SMILES string of the molecule is CC(C)(C)c1cc2c3c(c1)C(C)(C)C(C)(C)c1c-3c(c3c4c5c(ncc4n4c6cnc7c(c6c1c34)C1(c3ccccc3-c3ccccc31)c1ccccc1-7)C1CC3CC(C1)CC5C3)C(C)(C)C2(C)C. The van der Waals surface area contributed by atoms with Gasteiger partial charge in [-0.25, -0.2) is 0 Å². The van der Waals surface area contributed by atoms with Gasteiger partial charge in [-0.2, -0.15) is 0 Å². The zero-order valence-corrected chi connectivity index (χ0v) is 42.4. The summed E-state index contributed by atoms with van der Waals surface area (Å²) in [6.45, 7) is 28.1.